The van der Waals surface area contributed by atoms with Crippen LogP contribution in [0.4, 0.5) is 0 Å². The lowest BCUT2D eigenvalue weighted by Gasteiger charge is -2.19. The fourth-order valence-corrected chi connectivity index (χ4v) is 2.03. The van der Waals surface area contributed by atoms with Crippen LogP contribution in [0.1, 0.15) is 30.6 Å². The van der Waals surface area contributed by atoms with E-state index in [9.17, 15) is 19.8 Å². The third-order valence-electron chi connectivity index (χ3n) is 3.17. The normalized spacial score (nSPS) is 13.3. The molecule has 1 amide bonds. The third kappa shape index (κ3) is 5.34. The average Bonchev–Trinajstić information content (AvgIpc) is 2.45. The average molecular weight is 311 g/mol. The molecule has 7 nitrogen and oxygen atoms in total. The van der Waals surface area contributed by atoms with Gasteiger partial charge in [0.2, 0.25) is 5.91 Å². The van der Waals surface area contributed by atoms with E-state index in [4.69, 9.17) is 9.84 Å². The van der Waals surface area contributed by atoms with Gasteiger partial charge in [-0.25, -0.2) is 0 Å². The fourth-order valence-electron chi connectivity index (χ4n) is 2.03. The molecule has 122 valence electrons. The Bertz CT molecular complexity index is 531. The zero-order valence-electron chi connectivity index (χ0n) is 12.6. The highest BCUT2D eigenvalue weighted by Crippen LogP contribution is 2.26. The molecule has 0 saturated carbocycles. The summed E-state index contributed by atoms with van der Waals surface area (Å²) in [6.45, 7) is 1.62. The number of carboxylic acids is 1. The van der Waals surface area contributed by atoms with E-state index in [-0.39, 0.29) is 25.3 Å². The number of aliphatic carboxylic acids is 1. The molecule has 7 heteroatoms. The first-order valence-electron chi connectivity index (χ1n) is 6.84. The van der Waals surface area contributed by atoms with Crippen LogP contribution in [0.2, 0.25) is 0 Å². The Kier molecular flexibility index (Phi) is 6.81. The smallest absolute Gasteiger partial charge is 0.307 e. The molecule has 0 radical (unpaired) electrons. The van der Waals surface area contributed by atoms with Gasteiger partial charge in [-0.1, -0.05) is 12.1 Å². The van der Waals surface area contributed by atoms with Crippen molar-refractivity contribution in [1.29, 1.82) is 0 Å². The fraction of sp³-hybridized carbons (Fsp3) is 0.467. The summed E-state index contributed by atoms with van der Waals surface area (Å²) in [7, 11) is 1.41. The number of ether oxygens (including phenoxy) is 1. The minimum absolute atomic E-state index is 0.190. The van der Waals surface area contributed by atoms with E-state index < -0.39 is 18.2 Å². The zero-order chi connectivity index (χ0) is 16.7. The Morgan fingerprint density at radius 1 is 1.32 bits per heavy atom. The minimum Gasteiger partial charge on any atom is -0.496 e. The molecule has 0 spiro atoms. The summed E-state index contributed by atoms with van der Waals surface area (Å²) in [5.74, 6) is -0.851. The molecule has 1 aromatic carbocycles. The second kappa shape index (κ2) is 8.35. The van der Waals surface area contributed by atoms with Crippen LogP contribution >= 0.6 is 0 Å². The Morgan fingerprint density at radius 2 is 2.00 bits per heavy atom. The standard InChI is InChI=1S/C15H21NO6/c1-9(17)16-6-5-12(18)15(21)11-4-3-10(8-14(19)20)13(7-11)22-2/h3-4,7,12,15,18,21H,5-6,8H2,1-2H3,(H,16,17)(H,19,20). The van der Waals surface area contributed by atoms with Crippen molar-refractivity contribution in [2.24, 2.45) is 0 Å². The lowest BCUT2D eigenvalue weighted by atomic mass is 9.99. The van der Waals surface area contributed by atoms with Crippen LogP contribution in [-0.2, 0) is 16.0 Å². The summed E-state index contributed by atoms with van der Waals surface area (Å²) in [6, 6.07) is 4.60. The van der Waals surface area contributed by atoms with Gasteiger partial charge in [-0.15, -0.1) is 0 Å². The van der Waals surface area contributed by atoms with Crippen molar-refractivity contribution in [3.63, 3.8) is 0 Å². The lowest BCUT2D eigenvalue weighted by molar-refractivity contribution is -0.136. The van der Waals surface area contributed by atoms with Crippen LogP contribution in [-0.4, -0.2) is 47.0 Å². The van der Waals surface area contributed by atoms with E-state index in [0.29, 0.717) is 16.9 Å². The first kappa shape index (κ1) is 17.9. The number of amides is 1. The number of rotatable bonds is 8. The maximum absolute atomic E-state index is 10.8. The molecule has 22 heavy (non-hydrogen) atoms. The molecule has 0 aliphatic carbocycles. The first-order valence-corrected chi connectivity index (χ1v) is 6.84. The molecule has 4 N–H and O–H groups in total. The van der Waals surface area contributed by atoms with E-state index in [2.05, 4.69) is 5.32 Å². The Hall–Kier alpha value is -2.12. The van der Waals surface area contributed by atoms with Crippen LogP contribution in [0.15, 0.2) is 18.2 Å². The SMILES string of the molecule is COc1cc(C(O)C(O)CCNC(C)=O)ccc1CC(=O)O. The molecular weight excluding hydrogens is 290 g/mol. The summed E-state index contributed by atoms with van der Waals surface area (Å²) in [6.07, 6.45) is -2.20. The van der Waals surface area contributed by atoms with Gasteiger partial charge in [-0.2, -0.15) is 0 Å². The molecule has 0 aromatic heterocycles. The van der Waals surface area contributed by atoms with Crippen molar-refractivity contribution in [3.8, 4) is 5.75 Å². The van der Waals surface area contributed by atoms with E-state index >= 15 is 0 Å². The van der Waals surface area contributed by atoms with Gasteiger partial charge in [-0.3, -0.25) is 9.59 Å². The van der Waals surface area contributed by atoms with Crippen molar-refractivity contribution in [2.45, 2.75) is 32.0 Å². The van der Waals surface area contributed by atoms with Crippen LogP contribution in [0.25, 0.3) is 0 Å². The highest BCUT2D eigenvalue weighted by atomic mass is 16.5. The van der Waals surface area contributed by atoms with Crippen LogP contribution < -0.4 is 10.1 Å². The van der Waals surface area contributed by atoms with Gasteiger partial charge in [0.15, 0.2) is 0 Å². The van der Waals surface area contributed by atoms with Crippen LogP contribution in [0.5, 0.6) is 5.75 Å². The molecule has 0 aliphatic rings. The number of nitrogens with one attached hydrogen (secondary N) is 1. The molecule has 0 bridgehead atoms. The number of hydrogen-bond acceptors (Lipinski definition) is 5. The van der Waals surface area contributed by atoms with Crippen LogP contribution in [0, 0.1) is 0 Å². The van der Waals surface area contributed by atoms with Crippen molar-refractivity contribution < 1.29 is 29.6 Å². The topological polar surface area (TPSA) is 116 Å². The number of carboxylic acid groups (broad SMARTS) is 1. The maximum Gasteiger partial charge on any atom is 0.307 e. The second-order valence-corrected chi connectivity index (χ2v) is 4.93. The molecule has 1 rings (SSSR count). The van der Waals surface area contributed by atoms with E-state index in [1.165, 1.54) is 20.1 Å². The van der Waals surface area contributed by atoms with E-state index in [1.54, 1.807) is 12.1 Å². The van der Waals surface area contributed by atoms with Gasteiger partial charge in [0.25, 0.3) is 0 Å². The number of methoxy groups -OCH3 is 1. The molecule has 1 aromatic rings. The predicted molar refractivity (Wildman–Crippen MR) is 78.6 cm³/mol. The summed E-state index contributed by atoms with van der Waals surface area (Å²) < 4.78 is 5.12. The first-order chi connectivity index (χ1) is 10.3. The van der Waals surface area contributed by atoms with Gasteiger partial charge in [0.05, 0.1) is 19.6 Å². The molecule has 0 fully saturated rings. The Labute approximate surface area is 128 Å². The summed E-state index contributed by atoms with van der Waals surface area (Å²) in [4.78, 5) is 21.5. The molecule has 2 unspecified atom stereocenters. The largest absolute Gasteiger partial charge is 0.496 e. The highest BCUT2D eigenvalue weighted by molar-refractivity contribution is 5.72. The zero-order valence-corrected chi connectivity index (χ0v) is 12.6. The quantitative estimate of drug-likeness (QED) is 0.546. The van der Waals surface area contributed by atoms with E-state index in [0.717, 1.165) is 0 Å². The van der Waals surface area contributed by atoms with Crippen molar-refractivity contribution >= 4 is 11.9 Å². The molecular formula is C15H21NO6. The van der Waals surface area contributed by atoms with Gasteiger partial charge < -0.3 is 25.4 Å². The number of benzene rings is 1. The Morgan fingerprint density at radius 3 is 2.55 bits per heavy atom. The maximum atomic E-state index is 10.8. The second-order valence-electron chi connectivity index (χ2n) is 4.93. The number of aliphatic hydroxyl groups is 2. The number of carbonyl (C=O) groups is 2. The number of carbonyl (C=O) groups excluding carboxylic acids is 1. The molecule has 0 aliphatic heterocycles. The Balaban J connectivity index is 2.78. The highest BCUT2D eigenvalue weighted by Gasteiger charge is 2.20. The number of hydrogen-bond donors (Lipinski definition) is 4. The van der Waals surface area contributed by atoms with Gasteiger partial charge in [0.1, 0.15) is 11.9 Å². The summed E-state index contributed by atoms with van der Waals surface area (Å²) in [5.41, 5.74) is 0.903. The van der Waals surface area contributed by atoms with Crippen molar-refractivity contribution in [1.82, 2.24) is 5.32 Å². The van der Waals surface area contributed by atoms with Crippen molar-refractivity contribution in [3.05, 3.63) is 29.3 Å². The van der Waals surface area contributed by atoms with Gasteiger partial charge in [-0.05, 0) is 18.1 Å². The predicted octanol–water partition coefficient (Wildman–Crippen LogP) is 0.243. The molecule has 2 atom stereocenters. The number of aliphatic hydroxyl groups excluding tert-OH is 2. The van der Waals surface area contributed by atoms with Crippen LogP contribution in [0.3, 0.4) is 0 Å². The minimum atomic E-state index is -1.15. The monoisotopic (exact) mass is 311 g/mol. The lowest BCUT2D eigenvalue weighted by Crippen LogP contribution is -2.27. The summed E-state index contributed by atoms with van der Waals surface area (Å²) >= 11 is 0. The molecule has 0 heterocycles. The van der Waals surface area contributed by atoms with Gasteiger partial charge in [0, 0.05) is 19.0 Å². The third-order valence-corrected chi connectivity index (χ3v) is 3.17. The van der Waals surface area contributed by atoms with Crippen molar-refractivity contribution in [2.75, 3.05) is 13.7 Å². The van der Waals surface area contributed by atoms with E-state index in [1.807, 2.05) is 0 Å². The molecule has 0 saturated heterocycles. The summed E-state index contributed by atoms with van der Waals surface area (Å²) in [5, 5.41) is 31.4. The van der Waals surface area contributed by atoms with Gasteiger partial charge >= 0.3 is 5.97 Å².